The molecule has 0 aromatic rings. The maximum absolute atomic E-state index is 10.4. The van der Waals surface area contributed by atoms with Crippen LogP contribution in [-0.4, -0.2) is 11.1 Å². The van der Waals surface area contributed by atoms with Gasteiger partial charge in [-0.2, -0.15) is 0 Å². The van der Waals surface area contributed by atoms with E-state index < -0.39 is 5.97 Å². The molecule has 0 spiro atoms. The minimum absolute atomic E-state index is 0.101. The van der Waals surface area contributed by atoms with Gasteiger partial charge in [0.15, 0.2) is 0 Å². The third-order valence-electron chi connectivity index (χ3n) is 2.61. The molecule has 13 heavy (non-hydrogen) atoms. The van der Waals surface area contributed by atoms with Crippen LogP contribution in [0.2, 0.25) is 0 Å². The van der Waals surface area contributed by atoms with Crippen molar-refractivity contribution >= 4 is 5.97 Å². The molecule has 1 aliphatic carbocycles. The van der Waals surface area contributed by atoms with Crippen molar-refractivity contribution in [3.63, 3.8) is 0 Å². The van der Waals surface area contributed by atoms with Crippen LogP contribution < -0.4 is 0 Å². The van der Waals surface area contributed by atoms with Gasteiger partial charge in [0.1, 0.15) is 0 Å². The SMILES string of the molecule is CC1(C)C=CC=CC1CCC(=O)O. The maximum Gasteiger partial charge on any atom is 0.303 e. The van der Waals surface area contributed by atoms with Crippen LogP contribution in [0.4, 0.5) is 0 Å². The van der Waals surface area contributed by atoms with E-state index >= 15 is 0 Å². The van der Waals surface area contributed by atoms with Gasteiger partial charge in [-0.3, -0.25) is 4.79 Å². The molecule has 0 saturated carbocycles. The van der Waals surface area contributed by atoms with Crippen LogP contribution in [0.1, 0.15) is 26.7 Å². The zero-order chi connectivity index (χ0) is 9.90. The minimum atomic E-state index is -0.709. The van der Waals surface area contributed by atoms with E-state index in [0.717, 1.165) is 6.42 Å². The Morgan fingerprint density at radius 1 is 1.46 bits per heavy atom. The predicted octanol–water partition coefficient (Wildman–Crippen LogP) is 2.62. The Balaban J connectivity index is 2.54. The summed E-state index contributed by atoms with van der Waals surface area (Å²) < 4.78 is 0. The second kappa shape index (κ2) is 3.77. The van der Waals surface area contributed by atoms with E-state index in [0.29, 0.717) is 5.92 Å². The monoisotopic (exact) mass is 180 g/mol. The Labute approximate surface area is 79.0 Å². The van der Waals surface area contributed by atoms with Gasteiger partial charge in [0.2, 0.25) is 0 Å². The van der Waals surface area contributed by atoms with Gasteiger partial charge in [0, 0.05) is 6.42 Å². The van der Waals surface area contributed by atoms with Crippen LogP contribution in [0.25, 0.3) is 0 Å². The molecule has 2 heteroatoms. The zero-order valence-corrected chi connectivity index (χ0v) is 8.16. The van der Waals surface area contributed by atoms with Gasteiger partial charge in [-0.15, -0.1) is 0 Å². The van der Waals surface area contributed by atoms with Crippen LogP contribution in [0, 0.1) is 11.3 Å². The van der Waals surface area contributed by atoms with Crippen molar-refractivity contribution in [2.24, 2.45) is 11.3 Å². The number of aliphatic carboxylic acids is 1. The van der Waals surface area contributed by atoms with Crippen LogP contribution in [-0.2, 0) is 4.79 Å². The summed E-state index contributed by atoms with van der Waals surface area (Å²) in [6, 6.07) is 0. The molecule has 0 aromatic heterocycles. The van der Waals surface area contributed by atoms with Gasteiger partial charge in [-0.1, -0.05) is 38.2 Å². The molecule has 72 valence electrons. The molecule has 1 atom stereocenters. The summed E-state index contributed by atoms with van der Waals surface area (Å²) in [5, 5.41) is 8.57. The van der Waals surface area contributed by atoms with Crippen LogP contribution in [0.5, 0.6) is 0 Å². The summed E-state index contributed by atoms with van der Waals surface area (Å²) in [6.07, 6.45) is 9.24. The first-order valence-electron chi connectivity index (χ1n) is 4.60. The number of allylic oxidation sites excluding steroid dienone is 4. The third kappa shape index (κ3) is 2.72. The second-order valence-corrected chi connectivity index (χ2v) is 4.10. The number of hydrogen-bond acceptors (Lipinski definition) is 1. The molecule has 0 heterocycles. The molecular formula is C11H16O2. The molecule has 0 radical (unpaired) electrons. The van der Waals surface area contributed by atoms with Gasteiger partial charge < -0.3 is 5.11 Å². The molecule has 0 bridgehead atoms. The van der Waals surface area contributed by atoms with Crippen LogP contribution >= 0.6 is 0 Å². The Hall–Kier alpha value is -1.05. The fourth-order valence-corrected chi connectivity index (χ4v) is 1.62. The summed E-state index contributed by atoms with van der Waals surface area (Å²) in [7, 11) is 0. The molecule has 1 rings (SSSR count). The van der Waals surface area contributed by atoms with Crippen molar-refractivity contribution in [1.29, 1.82) is 0 Å². The Kier molecular flexibility index (Phi) is 2.91. The molecule has 2 nitrogen and oxygen atoms in total. The summed E-state index contributed by atoms with van der Waals surface area (Å²) in [6.45, 7) is 4.28. The average Bonchev–Trinajstić information content (AvgIpc) is 2.01. The topological polar surface area (TPSA) is 37.3 Å². The number of rotatable bonds is 3. The lowest BCUT2D eigenvalue weighted by molar-refractivity contribution is -0.137. The van der Waals surface area contributed by atoms with Crippen molar-refractivity contribution in [1.82, 2.24) is 0 Å². The standard InChI is InChI=1S/C11H16O2/c1-11(2)8-4-3-5-9(11)6-7-10(12)13/h3-5,8-9H,6-7H2,1-2H3,(H,12,13). The molecule has 0 fully saturated rings. The fraction of sp³-hybridized carbons (Fsp3) is 0.545. The van der Waals surface area contributed by atoms with Gasteiger partial charge in [0.25, 0.3) is 0 Å². The first kappa shape index (κ1) is 10.0. The highest BCUT2D eigenvalue weighted by atomic mass is 16.4. The molecule has 0 aliphatic heterocycles. The van der Waals surface area contributed by atoms with E-state index in [4.69, 9.17) is 5.11 Å². The molecule has 1 unspecified atom stereocenters. The average molecular weight is 180 g/mol. The maximum atomic E-state index is 10.4. The zero-order valence-electron chi connectivity index (χ0n) is 8.16. The number of carboxylic acid groups (broad SMARTS) is 1. The smallest absolute Gasteiger partial charge is 0.303 e. The number of carboxylic acids is 1. The lowest BCUT2D eigenvalue weighted by Gasteiger charge is -2.31. The third-order valence-corrected chi connectivity index (χ3v) is 2.61. The number of carbonyl (C=O) groups is 1. The van der Waals surface area contributed by atoms with Crippen molar-refractivity contribution in [2.75, 3.05) is 0 Å². The highest BCUT2D eigenvalue weighted by molar-refractivity contribution is 5.66. The van der Waals surface area contributed by atoms with Gasteiger partial charge in [-0.05, 0) is 17.8 Å². The highest BCUT2D eigenvalue weighted by Gasteiger charge is 2.26. The highest BCUT2D eigenvalue weighted by Crippen LogP contribution is 2.35. The van der Waals surface area contributed by atoms with E-state index in [-0.39, 0.29) is 11.8 Å². The molecule has 0 aromatic carbocycles. The van der Waals surface area contributed by atoms with E-state index in [1.165, 1.54) is 0 Å². The van der Waals surface area contributed by atoms with Crippen molar-refractivity contribution in [3.8, 4) is 0 Å². The first-order valence-corrected chi connectivity index (χ1v) is 4.60. The molecular weight excluding hydrogens is 164 g/mol. The van der Waals surface area contributed by atoms with E-state index in [9.17, 15) is 4.79 Å². The van der Waals surface area contributed by atoms with E-state index in [1.54, 1.807) is 0 Å². The van der Waals surface area contributed by atoms with Crippen molar-refractivity contribution in [3.05, 3.63) is 24.3 Å². The van der Waals surface area contributed by atoms with Gasteiger partial charge >= 0.3 is 5.97 Å². The first-order chi connectivity index (χ1) is 6.02. The van der Waals surface area contributed by atoms with E-state index in [1.807, 2.05) is 12.2 Å². The van der Waals surface area contributed by atoms with Crippen molar-refractivity contribution < 1.29 is 9.90 Å². The quantitative estimate of drug-likeness (QED) is 0.724. The second-order valence-electron chi connectivity index (χ2n) is 4.10. The fourth-order valence-electron chi connectivity index (χ4n) is 1.62. The summed E-state index contributed by atoms with van der Waals surface area (Å²) >= 11 is 0. The Morgan fingerprint density at radius 3 is 2.69 bits per heavy atom. The Bertz CT molecular complexity index is 249. The minimum Gasteiger partial charge on any atom is -0.481 e. The summed E-state index contributed by atoms with van der Waals surface area (Å²) in [5.41, 5.74) is 0.101. The van der Waals surface area contributed by atoms with E-state index in [2.05, 4.69) is 26.0 Å². The summed E-state index contributed by atoms with van der Waals surface area (Å²) in [5.74, 6) is -0.354. The lowest BCUT2D eigenvalue weighted by Crippen LogP contribution is -2.22. The molecule has 0 amide bonds. The molecule has 0 saturated heterocycles. The Morgan fingerprint density at radius 2 is 2.15 bits per heavy atom. The molecule has 1 aliphatic rings. The largest absolute Gasteiger partial charge is 0.481 e. The normalized spacial score (nSPS) is 24.6. The summed E-state index contributed by atoms with van der Waals surface area (Å²) in [4.78, 5) is 10.4. The molecule has 1 N–H and O–H groups in total. The van der Waals surface area contributed by atoms with Crippen molar-refractivity contribution in [2.45, 2.75) is 26.7 Å². The predicted molar refractivity (Wildman–Crippen MR) is 52.4 cm³/mol. The van der Waals surface area contributed by atoms with Gasteiger partial charge in [-0.25, -0.2) is 0 Å². The lowest BCUT2D eigenvalue weighted by atomic mass is 9.74. The number of hydrogen-bond donors (Lipinski definition) is 1. The van der Waals surface area contributed by atoms with Crippen LogP contribution in [0.15, 0.2) is 24.3 Å². The van der Waals surface area contributed by atoms with Crippen LogP contribution in [0.3, 0.4) is 0 Å². The van der Waals surface area contributed by atoms with Gasteiger partial charge in [0.05, 0.1) is 0 Å².